The molecule has 222 valence electrons. The van der Waals surface area contributed by atoms with Gasteiger partial charge in [0.15, 0.2) is 23.0 Å². The number of phenolic OH excluding ortho intramolecular Hbond substituents is 3. The number of ketones is 1. The molecule has 3 aromatic carbocycles. The van der Waals surface area contributed by atoms with Crippen LogP contribution in [0.4, 0.5) is 0 Å². The molecule has 4 N–H and O–H groups in total. The molecule has 0 heterocycles. The minimum atomic E-state index is -0.903. The molecule has 0 aromatic heterocycles. The smallest absolute Gasteiger partial charge is 0.160 e. The van der Waals surface area contributed by atoms with Gasteiger partial charge in [0, 0.05) is 36.5 Å². The predicted octanol–water partition coefficient (Wildman–Crippen LogP) is 6.54. The van der Waals surface area contributed by atoms with Crippen LogP contribution in [0.1, 0.15) is 68.1 Å². The van der Waals surface area contributed by atoms with Crippen molar-refractivity contribution in [2.45, 2.75) is 70.3 Å². The second-order valence-corrected chi connectivity index (χ2v) is 11.4. The van der Waals surface area contributed by atoms with E-state index in [1.54, 1.807) is 18.2 Å². The third-order valence-electron chi connectivity index (χ3n) is 8.45. The molecule has 4 rings (SSSR count). The lowest BCUT2D eigenvalue weighted by atomic mass is 9.73. The number of carbonyl (C=O) groups is 1. The minimum Gasteiger partial charge on any atom is -0.504 e. The number of ether oxygens (including phenoxy) is 1. The van der Waals surface area contributed by atoms with E-state index >= 15 is 0 Å². The number of hydrogen-bond donors (Lipinski definition) is 4. The zero-order valence-electron chi connectivity index (χ0n) is 24.5. The standard InChI is InChI=1S/C36H42O6/c1-3-4-6-14-29-33(39)23-30(27-16-18-32(38)35(22-27)42-2)26(19-24-10-7-5-8-11-24)12-9-13-28(36(29)41)20-25-15-17-31(37)34(40)21-25/h5,7-8,10-11,15-18,21-22,26,28-30,36-38,40-41H,3-4,6,13-14,19-20,23H2,1-2H3. The van der Waals surface area contributed by atoms with Gasteiger partial charge in [-0.1, -0.05) is 74.6 Å². The number of aromatic hydroxyl groups is 3. The third kappa shape index (κ3) is 7.86. The number of methoxy groups -OCH3 is 1. The van der Waals surface area contributed by atoms with Crippen molar-refractivity contribution < 1.29 is 30.0 Å². The number of unbranched alkanes of at least 4 members (excludes halogenated alkanes) is 2. The van der Waals surface area contributed by atoms with Crippen LogP contribution < -0.4 is 4.74 Å². The molecule has 6 nitrogen and oxygen atoms in total. The topological polar surface area (TPSA) is 107 Å². The molecule has 6 heteroatoms. The highest BCUT2D eigenvalue weighted by molar-refractivity contribution is 5.82. The normalized spacial score (nSPS) is 22.6. The number of aliphatic hydroxyl groups excluding tert-OH is 1. The second kappa shape index (κ2) is 14.8. The molecule has 0 amide bonds. The monoisotopic (exact) mass is 570 g/mol. The molecule has 42 heavy (non-hydrogen) atoms. The fraction of sp³-hybridized carbons (Fsp3) is 0.417. The third-order valence-corrected chi connectivity index (χ3v) is 8.45. The van der Waals surface area contributed by atoms with E-state index in [4.69, 9.17) is 4.74 Å². The number of aliphatic hydroxyl groups is 1. The van der Waals surface area contributed by atoms with Crippen LogP contribution in [0.2, 0.25) is 0 Å². The maximum atomic E-state index is 14.2. The van der Waals surface area contributed by atoms with Gasteiger partial charge in [-0.05, 0) is 60.2 Å². The Morgan fingerprint density at radius 3 is 2.36 bits per heavy atom. The van der Waals surface area contributed by atoms with Crippen molar-refractivity contribution in [2.75, 3.05) is 7.11 Å². The first-order valence-electron chi connectivity index (χ1n) is 14.9. The Bertz CT molecular complexity index is 1390. The number of hydrogen-bond acceptors (Lipinski definition) is 6. The molecule has 0 spiro atoms. The number of Topliss-reactive ketones (excluding diaryl/α,β-unsaturated/α-hetero) is 1. The van der Waals surface area contributed by atoms with Gasteiger partial charge in [0.2, 0.25) is 0 Å². The Labute approximate surface area is 249 Å². The molecular formula is C36H42O6. The van der Waals surface area contributed by atoms with E-state index in [0.29, 0.717) is 31.4 Å². The van der Waals surface area contributed by atoms with Crippen LogP contribution in [-0.4, -0.2) is 39.4 Å². The summed E-state index contributed by atoms with van der Waals surface area (Å²) in [5.41, 5.74) is 2.75. The molecule has 0 saturated heterocycles. The van der Waals surface area contributed by atoms with Gasteiger partial charge in [-0.2, -0.15) is 0 Å². The van der Waals surface area contributed by atoms with Crippen molar-refractivity contribution >= 4 is 5.78 Å². The van der Waals surface area contributed by atoms with Crippen molar-refractivity contribution in [1.82, 2.24) is 0 Å². The van der Waals surface area contributed by atoms with Gasteiger partial charge in [0.05, 0.1) is 13.2 Å². The molecule has 1 aliphatic rings. The lowest BCUT2D eigenvalue weighted by Gasteiger charge is -2.32. The Balaban J connectivity index is 1.76. The first-order chi connectivity index (χ1) is 20.3. The quantitative estimate of drug-likeness (QED) is 0.125. The van der Waals surface area contributed by atoms with Gasteiger partial charge < -0.3 is 25.2 Å². The second-order valence-electron chi connectivity index (χ2n) is 11.4. The van der Waals surface area contributed by atoms with Gasteiger partial charge in [-0.15, -0.1) is 5.92 Å². The zero-order chi connectivity index (χ0) is 30.1. The summed E-state index contributed by atoms with van der Waals surface area (Å²) in [5.74, 6) is 5.53. The highest BCUT2D eigenvalue weighted by Crippen LogP contribution is 2.39. The lowest BCUT2D eigenvalue weighted by molar-refractivity contribution is -0.128. The summed E-state index contributed by atoms with van der Waals surface area (Å²) in [5, 5.41) is 41.8. The number of rotatable bonds is 10. The fourth-order valence-electron chi connectivity index (χ4n) is 6.05. The van der Waals surface area contributed by atoms with Crippen molar-refractivity contribution in [1.29, 1.82) is 0 Å². The summed E-state index contributed by atoms with van der Waals surface area (Å²) < 4.78 is 5.40. The van der Waals surface area contributed by atoms with E-state index < -0.39 is 12.0 Å². The van der Waals surface area contributed by atoms with E-state index in [2.05, 4.69) is 30.9 Å². The van der Waals surface area contributed by atoms with Crippen LogP contribution in [0.3, 0.4) is 0 Å². The molecule has 0 radical (unpaired) electrons. The van der Waals surface area contributed by atoms with Gasteiger partial charge in [-0.3, -0.25) is 4.79 Å². The summed E-state index contributed by atoms with van der Waals surface area (Å²) >= 11 is 0. The molecule has 3 aromatic rings. The van der Waals surface area contributed by atoms with Crippen molar-refractivity contribution in [3.05, 3.63) is 83.4 Å². The highest BCUT2D eigenvalue weighted by atomic mass is 16.5. The molecular weight excluding hydrogens is 528 g/mol. The van der Waals surface area contributed by atoms with Crippen molar-refractivity contribution in [3.63, 3.8) is 0 Å². The average Bonchev–Trinajstić information content (AvgIpc) is 2.99. The van der Waals surface area contributed by atoms with Crippen LogP contribution in [0.15, 0.2) is 66.7 Å². The van der Waals surface area contributed by atoms with E-state index in [1.165, 1.54) is 19.2 Å². The largest absolute Gasteiger partial charge is 0.504 e. The molecule has 1 aliphatic carbocycles. The van der Waals surface area contributed by atoms with Gasteiger partial charge in [0.1, 0.15) is 5.78 Å². The number of carbonyl (C=O) groups excluding carboxylic acids is 1. The molecule has 0 bridgehead atoms. The van der Waals surface area contributed by atoms with Crippen LogP contribution in [0, 0.1) is 29.6 Å². The van der Waals surface area contributed by atoms with E-state index in [-0.39, 0.29) is 47.2 Å². The summed E-state index contributed by atoms with van der Waals surface area (Å²) in [6.45, 7) is 2.11. The zero-order valence-corrected chi connectivity index (χ0v) is 24.5. The first-order valence-corrected chi connectivity index (χ1v) is 14.9. The molecule has 0 aliphatic heterocycles. The molecule has 5 atom stereocenters. The minimum absolute atomic E-state index is 0.0101. The SMILES string of the molecule is CCCCCC1C(=O)CC(c2ccc(O)c(OC)c2)C(Cc2ccccc2)C#CCC(Cc2ccc(O)c(O)c2)C1O. The lowest BCUT2D eigenvalue weighted by Crippen LogP contribution is -2.37. The van der Waals surface area contributed by atoms with E-state index in [0.717, 1.165) is 36.0 Å². The van der Waals surface area contributed by atoms with Crippen LogP contribution >= 0.6 is 0 Å². The predicted molar refractivity (Wildman–Crippen MR) is 164 cm³/mol. The molecule has 5 unspecified atom stereocenters. The number of benzene rings is 3. The Morgan fingerprint density at radius 2 is 1.64 bits per heavy atom. The summed E-state index contributed by atoms with van der Waals surface area (Å²) in [6, 6.07) is 20.0. The number of phenols is 3. The molecule has 0 saturated carbocycles. The summed E-state index contributed by atoms with van der Waals surface area (Å²) in [4.78, 5) is 14.2. The van der Waals surface area contributed by atoms with Gasteiger partial charge >= 0.3 is 0 Å². The maximum Gasteiger partial charge on any atom is 0.160 e. The highest BCUT2D eigenvalue weighted by Gasteiger charge is 2.36. The average molecular weight is 571 g/mol. The summed E-state index contributed by atoms with van der Waals surface area (Å²) in [6.07, 6.45) is 4.17. The van der Waals surface area contributed by atoms with E-state index in [1.807, 2.05) is 24.3 Å². The van der Waals surface area contributed by atoms with Crippen LogP contribution in [0.5, 0.6) is 23.0 Å². The maximum absolute atomic E-state index is 14.2. The Hall–Kier alpha value is -3.95. The Kier molecular flexibility index (Phi) is 10.9. The van der Waals surface area contributed by atoms with Gasteiger partial charge in [-0.25, -0.2) is 0 Å². The van der Waals surface area contributed by atoms with Crippen molar-refractivity contribution in [3.8, 4) is 34.8 Å². The Morgan fingerprint density at radius 1 is 0.881 bits per heavy atom. The van der Waals surface area contributed by atoms with Crippen molar-refractivity contribution in [2.24, 2.45) is 17.8 Å². The van der Waals surface area contributed by atoms with Crippen LogP contribution in [0.25, 0.3) is 0 Å². The van der Waals surface area contributed by atoms with Crippen LogP contribution in [-0.2, 0) is 17.6 Å². The summed E-state index contributed by atoms with van der Waals surface area (Å²) in [7, 11) is 1.51. The fourth-order valence-corrected chi connectivity index (χ4v) is 6.05. The molecule has 0 fully saturated rings. The first kappa shape index (κ1) is 31.0. The van der Waals surface area contributed by atoms with E-state index in [9.17, 15) is 25.2 Å². The van der Waals surface area contributed by atoms with Gasteiger partial charge in [0.25, 0.3) is 0 Å².